The van der Waals surface area contributed by atoms with Crippen molar-refractivity contribution in [2.75, 3.05) is 0 Å². The molecular formula is C11H17Cl3V. The topological polar surface area (TPSA) is 0 Å². The van der Waals surface area contributed by atoms with Gasteiger partial charge >= 0.3 is 84.9 Å². The Balaban J connectivity index is -0.000000480. The zero-order valence-corrected chi connectivity index (χ0v) is 13.0. The van der Waals surface area contributed by atoms with Crippen molar-refractivity contribution in [1.82, 2.24) is 0 Å². The third kappa shape index (κ3) is 4.75. The van der Waals surface area contributed by atoms with E-state index in [1.54, 1.807) is 5.57 Å². The average Bonchev–Trinajstić information content (AvgIpc) is 2.51. The van der Waals surface area contributed by atoms with E-state index in [0.717, 1.165) is 6.42 Å². The molecule has 0 unspecified atom stereocenters. The molecule has 87 valence electrons. The van der Waals surface area contributed by atoms with E-state index in [9.17, 15) is 0 Å². The minimum absolute atomic E-state index is 0. The summed E-state index contributed by atoms with van der Waals surface area (Å²) in [6.45, 7) is 6.93. The summed E-state index contributed by atoms with van der Waals surface area (Å²) in [6, 6.07) is 0. The molecule has 0 aromatic carbocycles. The maximum Gasteiger partial charge on any atom is -1.00 e. The Hall–Kier alpha value is 0.934. The molecule has 0 N–H and O–H groups in total. The third-order valence-corrected chi connectivity index (χ3v) is 3.78. The Bertz CT molecular complexity index is 230. The number of rotatable bonds is 3. The molecule has 1 aliphatic rings. The van der Waals surface area contributed by atoms with Gasteiger partial charge in [0.15, 0.2) is 0 Å². The molecule has 0 amide bonds. The minimum Gasteiger partial charge on any atom is -1.00 e. The first-order chi connectivity index (χ1) is 5.64. The molecule has 0 spiro atoms. The predicted molar refractivity (Wildman–Crippen MR) is 49.5 cm³/mol. The molecule has 0 heterocycles. The summed E-state index contributed by atoms with van der Waals surface area (Å²) in [6.07, 6.45) is 8.20. The van der Waals surface area contributed by atoms with Crippen LogP contribution in [0, 0.1) is 5.41 Å². The van der Waals surface area contributed by atoms with Gasteiger partial charge in [-0.25, -0.2) is 0 Å². The molecule has 0 atom stereocenters. The fourth-order valence-corrected chi connectivity index (χ4v) is 2.38. The van der Waals surface area contributed by atoms with Crippen LogP contribution in [-0.4, -0.2) is 0 Å². The van der Waals surface area contributed by atoms with Gasteiger partial charge in [0.2, 0.25) is 0 Å². The normalized spacial score (nSPS) is 14.2. The number of hydrogen-bond acceptors (Lipinski definition) is 0. The maximum absolute atomic E-state index is 2.72. The van der Waals surface area contributed by atoms with Crippen molar-refractivity contribution in [3.05, 3.63) is 22.0 Å². The summed E-state index contributed by atoms with van der Waals surface area (Å²) in [5.41, 5.74) is 1.97. The van der Waals surface area contributed by atoms with Crippen LogP contribution >= 0.6 is 0 Å². The molecule has 0 saturated heterocycles. The van der Waals surface area contributed by atoms with E-state index in [-0.39, 0.29) is 37.2 Å². The maximum atomic E-state index is 2.72. The molecule has 4 heteroatoms. The minimum atomic E-state index is 0. The van der Waals surface area contributed by atoms with Crippen LogP contribution in [0.3, 0.4) is 0 Å². The molecule has 0 nitrogen and oxygen atoms in total. The molecule has 0 bridgehead atoms. The van der Waals surface area contributed by atoms with Gasteiger partial charge in [-0.1, -0.05) is 0 Å². The largest absolute Gasteiger partial charge is 1.00 e. The molecular weight excluding hydrogens is 289 g/mol. The zero-order valence-electron chi connectivity index (χ0n) is 9.36. The van der Waals surface area contributed by atoms with Gasteiger partial charge in [0.25, 0.3) is 0 Å². The summed E-state index contributed by atoms with van der Waals surface area (Å²) in [7, 11) is 0. The van der Waals surface area contributed by atoms with Gasteiger partial charge in [0.05, 0.1) is 0 Å². The first-order valence-corrected chi connectivity index (χ1v) is 5.43. The quantitative estimate of drug-likeness (QED) is 0.488. The van der Waals surface area contributed by atoms with Crippen molar-refractivity contribution < 1.29 is 54.6 Å². The van der Waals surface area contributed by atoms with Crippen molar-refractivity contribution in [3.8, 4) is 0 Å². The molecule has 0 aromatic heterocycles. The van der Waals surface area contributed by atoms with Gasteiger partial charge in [-0.3, -0.25) is 0 Å². The Morgan fingerprint density at radius 3 is 1.93 bits per heavy atom. The summed E-state index contributed by atoms with van der Waals surface area (Å²) >= 11 is 2.72. The predicted octanol–water partition coefficient (Wildman–Crippen LogP) is -5.41. The molecule has 0 radical (unpaired) electrons. The Morgan fingerprint density at radius 2 is 1.67 bits per heavy atom. The second-order valence-corrected chi connectivity index (χ2v) is 4.58. The monoisotopic (exact) mass is 305 g/mol. The van der Waals surface area contributed by atoms with Crippen LogP contribution in [0.4, 0.5) is 0 Å². The van der Waals surface area contributed by atoms with Crippen LogP contribution in [0.1, 0.15) is 40.0 Å². The van der Waals surface area contributed by atoms with E-state index in [0.29, 0.717) is 5.41 Å². The van der Waals surface area contributed by atoms with E-state index in [1.807, 2.05) is 0 Å². The standard InChI is InChI=1S/C11H17.3ClH.V/c1-4-11(3,5-2)10-8-6-7-9-10;;;;/h6,8H,4-5,7H2,1-3H3;3*1H;/q;;;;+3/p-3. The second kappa shape index (κ2) is 9.02. The SMILES string of the molecule is CCC(C)(CC)C1=[C]([V+3])CC=C1.[Cl-].[Cl-].[Cl-]. The van der Waals surface area contributed by atoms with Gasteiger partial charge in [0, 0.05) is 0 Å². The van der Waals surface area contributed by atoms with Crippen LogP contribution in [0.25, 0.3) is 0 Å². The number of halogens is 3. The van der Waals surface area contributed by atoms with Gasteiger partial charge in [-0.2, -0.15) is 0 Å². The van der Waals surface area contributed by atoms with E-state index < -0.39 is 0 Å². The molecule has 0 fully saturated rings. The summed E-state index contributed by atoms with van der Waals surface area (Å²) < 4.78 is 1.51. The van der Waals surface area contributed by atoms with Crippen molar-refractivity contribution in [3.63, 3.8) is 0 Å². The average molecular weight is 307 g/mol. The van der Waals surface area contributed by atoms with Crippen LogP contribution < -0.4 is 37.2 Å². The molecule has 1 rings (SSSR count). The van der Waals surface area contributed by atoms with Gasteiger partial charge in [0.1, 0.15) is 0 Å². The zero-order chi connectivity index (χ0) is 9.19. The van der Waals surface area contributed by atoms with Gasteiger partial charge in [-0.05, 0) is 0 Å². The first-order valence-electron chi connectivity index (χ1n) is 4.73. The van der Waals surface area contributed by atoms with Gasteiger partial charge in [-0.15, -0.1) is 0 Å². The molecule has 0 aromatic rings. The van der Waals surface area contributed by atoms with E-state index in [1.165, 1.54) is 17.1 Å². The van der Waals surface area contributed by atoms with Crippen molar-refractivity contribution in [2.45, 2.75) is 40.0 Å². The summed E-state index contributed by atoms with van der Waals surface area (Å²) in [4.78, 5) is 0. The van der Waals surface area contributed by atoms with Crippen molar-refractivity contribution >= 4 is 0 Å². The first kappa shape index (κ1) is 21.2. The number of allylic oxidation sites excluding steroid dienone is 4. The van der Waals surface area contributed by atoms with Crippen molar-refractivity contribution in [2.24, 2.45) is 5.41 Å². The molecule has 15 heavy (non-hydrogen) atoms. The summed E-state index contributed by atoms with van der Waals surface area (Å²) in [5.74, 6) is 0. The fraction of sp³-hybridized carbons (Fsp3) is 0.636. The van der Waals surface area contributed by atoms with E-state index in [4.69, 9.17) is 0 Å². The van der Waals surface area contributed by atoms with Crippen LogP contribution in [0.15, 0.2) is 22.0 Å². The fourth-order valence-electron chi connectivity index (χ4n) is 1.67. The van der Waals surface area contributed by atoms with Crippen LogP contribution in [0.2, 0.25) is 0 Å². The molecule has 1 aliphatic carbocycles. The van der Waals surface area contributed by atoms with E-state index in [2.05, 4.69) is 50.3 Å². The molecule has 0 aliphatic heterocycles. The van der Waals surface area contributed by atoms with Crippen molar-refractivity contribution in [1.29, 1.82) is 0 Å². The smallest absolute Gasteiger partial charge is 1.00 e. The second-order valence-electron chi connectivity index (χ2n) is 3.73. The van der Waals surface area contributed by atoms with Crippen LogP contribution in [0.5, 0.6) is 0 Å². The summed E-state index contributed by atoms with van der Waals surface area (Å²) in [5, 5.41) is 0. The molecule has 0 saturated carbocycles. The Morgan fingerprint density at radius 1 is 1.20 bits per heavy atom. The third-order valence-electron chi connectivity index (χ3n) is 3.12. The van der Waals surface area contributed by atoms with Gasteiger partial charge < -0.3 is 37.2 Å². The Labute approximate surface area is 122 Å². The Kier molecular flexibility index (Phi) is 12.8. The van der Waals surface area contributed by atoms with Crippen LogP contribution in [-0.2, 0) is 17.4 Å². The van der Waals surface area contributed by atoms with E-state index >= 15 is 0 Å². The number of hydrogen-bond donors (Lipinski definition) is 0.